The summed E-state index contributed by atoms with van der Waals surface area (Å²) in [5.41, 5.74) is 4.01. The normalized spacial score (nSPS) is 10.8. The van der Waals surface area contributed by atoms with Crippen molar-refractivity contribution in [2.75, 3.05) is 27.4 Å². The molecule has 0 aliphatic rings. The molecular formula is C27H28N4O5. The van der Waals surface area contributed by atoms with Crippen LogP contribution in [-0.2, 0) is 23.0 Å². The van der Waals surface area contributed by atoms with Gasteiger partial charge >= 0.3 is 5.97 Å². The number of rotatable bonds is 9. The van der Waals surface area contributed by atoms with E-state index in [9.17, 15) is 9.59 Å². The van der Waals surface area contributed by atoms with Crippen molar-refractivity contribution in [3.8, 4) is 22.8 Å². The van der Waals surface area contributed by atoms with Gasteiger partial charge in [-0.2, -0.15) is 5.10 Å². The maximum atomic E-state index is 13.0. The van der Waals surface area contributed by atoms with E-state index in [2.05, 4.69) is 10.4 Å². The summed E-state index contributed by atoms with van der Waals surface area (Å²) >= 11 is 0. The first-order valence-electron chi connectivity index (χ1n) is 11.5. The van der Waals surface area contributed by atoms with E-state index in [1.54, 1.807) is 32.0 Å². The number of hydrogen-bond acceptors (Lipinski definition) is 7. The van der Waals surface area contributed by atoms with Crippen LogP contribution in [-0.4, -0.2) is 54.0 Å². The van der Waals surface area contributed by atoms with Gasteiger partial charge in [0.2, 0.25) is 0 Å². The van der Waals surface area contributed by atoms with E-state index in [0.717, 1.165) is 11.1 Å². The summed E-state index contributed by atoms with van der Waals surface area (Å²) in [6.07, 6.45) is 0.584. The summed E-state index contributed by atoms with van der Waals surface area (Å²) in [4.78, 5) is 30.1. The highest BCUT2D eigenvalue weighted by Gasteiger charge is 2.21. The minimum atomic E-state index is -0.606. The van der Waals surface area contributed by atoms with E-state index in [-0.39, 0.29) is 5.91 Å². The Morgan fingerprint density at radius 3 is 2.47 bits per heavy atom. The molecule has 4 rings (SSSR count). The number of hydrogen-bond donors (Lipinski definition) is 1. The van der Waals surface area contributed by atoms with Crippen molar-refractivity contribution in [3.63, 3.8) is 0 Å². The molecular weight excluding hydrogens is 460 g/mol. The number of amides is 1. The third kappa shape index (κ3) is 5.30. The van der Waals surface area contributed by atoms with Gasteiger partial charge in [-0.25, -0.2) is 9.78 Å². The number of nitrogens with zero attached hydrogens (tertiary/aromatic N) is 3. The molecule has 9 nitrogen and oxygen atoms in total. The van der Waals surface area contributed by atoms with Gasteiger partial charge in [-0.15, -0.1) is 0 Å². The molecule has 0 atom stereocenters. The molecule has 36 heavy (non-hydrogen) atoms. The zero-order chi connectivity index (χ0) is 25.7. The molecule has 2 heterocycles. The van der Waals surface area contributed by atoms with Crippen LogP contribution in [0, 0.1) is 6.92 Å². The number of methoxy groups -OCH3 is 2. The third-order valence-electron chi connectivity index (χ3n) is 5.78. The van der Waals surface area contributed by atoms with Crippen LogP contribution in [0.4, 0.5) is 0 Å². The second-order valence-corrected chi connectivity index (χ2v) is 8.19. The van der Waals surface area contributed by atoms with Crippen molar-refractivity contribution in [1.82, 2.24) is 20.1 Å². The number of carbonyl (C=O) groups excluding carboxylic acids is 2. The van der Waals surface area contributed by atoms with Gasteiger partial charge in [-0.3, -0.25) is 9.48 Å². The number of fused-ring (bicyclic) bond motifs is 1. The van der Waals surface area contributed by atoms with Crippen LogP contribution in [0.3, 0.4) is 0 Å². The first-order chi connectivity index (χ1) is 17.4. The van der Waals surface area contributed by atoms with Gasteiger partial charge in [0.25, 0.3) is 5.91 Å². The standard InChI is InChI=1S/C27H28N4O5/c1-17-25-20(15-21(19-8-6-5-7-9-19)29-26(25)31(2)30-17)27(33)36-16-24(32)28-13-12-18-10-11-22(34-3)23(14-18)35-4/h5-11,14-15H,12-13,16H2,1-4H3,(H,28,32). The molecule has 0 aliphatic carbocycles. The van der Waals surface area contributed by atoms with E-state index >= 15 is 0 Å². The number of aryl methyl sites for hydroxylation is 2. The first kappa shape index (κ1) is 24.7. The summed E-state index contributed by atoms with van der Waals surface area (Å²) < 4.78 is 17.6. The van der Waals surface area contributed by atoms with Gasteiger partial charge in [-0.05, 0) is 37.1 Å². The van der Waals surface area contributed by atoms with E-state index in [0.29, 0.717) is 52.4 Å². The summed E-state index contributed by atoms with van der Waals surface area (Å²) in [5.74, 6) is 0.271. The maximum Gasteiger partial charge on any atom is 0.339 e. The van der Waals surface area contributed by atoms with Crippen LogP contribution in [0.25, 0.3) is 22.3 Å². The molecule has 0 saturated carbocycles. The zero-order valence-corrected chi connectivity index (χ0v) is 20.7. The molecule has 0 radical (unpaired) electrons. The lowest BCUT2D eigenvalue weighted by Gasteiger charge is -2.11. The Labute approximate surface area is 209 Å². The van der Waals surface area contributed by atoms with Crippen molar-refractivity contribution >= 4 is 22.9 Å². The molecule has 0 aliphatic heterocycles. The summed E-state index contributed by atoms with van der Waals surface area (Å²) in [7, 11) is 4.93. The average Bonchev–Trinajstić information content (AvgIpc) is 3.20. The van der Waals surface area contributed by atoms with Gasteiger partial charge in [0.05, 0.1) is 36.6 Å². The van der Waals surface area contributed by atoms with Crippen LogP contribution >= 0.6 is 0 Å². The number of carbonyl (C=O) groups is 2. The van der Waals surface area contributed by atoms with E-state index in [1.165, 1.54) is 0 Å². The summed E-state index contributed by atoms with van der Waals surface area (Å²) in [6, 6.07) is 16.8. The predicted molar refractivity (Wildman–Crippen MR) is 135 cm³/mol. The molecule has 0 fully saturated rings. The van der Waals surface area contributed by atoms with Crippen molar-refractivity contribution in [3.05, 3.63) is 71.4 Å². The summed E-state index contributed by atoms with van der Waals surface area (Å²) in [5, 5.41) is 7.79. The lowest BCUT2D eigenvalue weighted by Crippen LogP contribution is -2.30. The smallest absolute Gasteiger partial charge is 0.339 e. The van der Waals surface area contributed by atoms with Gasteiger partial charge in [0.15, 0.2) is 23.8 Å². The number of pyridine rings is 1. The Morgan fingerprint density at radius 1 is 1.00 bits per heavy atom. The van der Waals surface area contributed by atoms with E-state index in [1.807, 2.05) is 55.5 Å². The van der Waals surface area contributed by atoms with E-state index < -0.39 is 12.6 Å². The van der Waals surface area contributed by atoms with Crippen LogP contribution in [0.2, 0.25) is 0 Å². The highest BCUT2D eigenvalue weighted by molar-refractivity contribution is 6.05. The Balaban J connectivity index is 1.42. The molecule has 1 N–H and O–H groups in total. The van der Waals surface area contributed by atoms with Crippen LogP contribution in [0.15, 0.2) is 54.6 Å². The minimum absolute atomic E-state index is 0.322. The van der Waals surface area contributed by atoms with Crippen molar-refractivity contribution < 1.29 is 23.8 Å². The largest absolute Gasteiger partial charge is 0.493 e. The van der Waals surface area contributed by atoms with Gasteiger partial charge in [0, 0.05) is 19.2 Å². The minimum Gasteiger partial charge on any atom is -0.493 e. The molecule has 2 aromatic heterocycles. The van der Waals surface area contributed by atoms with Crippen LogP contribution in [0.1, 0.15) is 21.6 Å². The molecule has 1 amide bonds. The Morgan fingerprint density at radius 2 is 1.75 bits per heavy atom. The molecule has 4 aromatic rings. The SMILES string of the molecule is COc1ccc(CCNC(=O)COC(=O)c2cc(-c3ccccc3)nc3c2c(C)nn3C)cc1OC. The highest BCUT2D eigenvalue weighted by atomic mass is 16.5. The highest BCUT2D eigenvalue weighted by Crippen LogP contribution is 2.28. The third-order valence-corrected chi connectivity index (χ3v) is 5.78. The predicted octanol–water partition coefficient (Wildman–Crippen LogP) is 3.48. The second kappa shape index (κ2) is 10.9. The number of esters is 1. The lowest BCUT2D eigenvalue weighted by molar-refractivity contribution is -0.124. The molecule has 0 saturated heterocycles. The number of nitrogens with one attached hydrogen (secondary N) is 1. The Bertz CT molecular complexity index is 1400. The van der Waals surface area contributed by atoms with Crippen molar-refractivity contribution in [1.29, 1.82) is 0 Å². The number of aromatic nitrogens is 3. The maximum absolute atomic E-state index is 13.0. The number of benzene rings is 2. The molecule has 9 heteroatoms. The second-order valence-electron chi connectivity index (χ2n) is 8.19. The first-order valence-corrected chi connectivity index (χ1v) is 11.5. The monoisotopic (exact) mass is 488 g/mol. The van der Waals surface area contributed by atoms with Crippen LogP contribution < -0.4 is 14.8 Å². The van der Waals surface area contributed by atoms with Crippen molar-refractivity contribution in [2.24, 2.45) is 7.05 Å². The van der Waals surface area contributed by atoms with Gasteiger partial charge in [0.1, 0.15) is 0 Å². The fraction of sp³-hybridized carbons (Fsp3) is 0.259. The molecule has 0 spiro atoms. The Hall–Kier alpha value is -4.40. The zero-order valence-electron chi connectivity index (χ0n) is 20.7. The van der Waals surface area contributed by atoms with Gasteiger partial charge < -0.3 is 19.5 Å². The molecule has 0 bridgehead atoms. The molecule has 0 unspecified atom stereocenters. The van der Waals surface area contributed by atoms with Gasteiger partial charge in [-0.1, -0.05) is 36.4 Å². The fourth-order valence-electron chi connectivity index (χ4n) is 4.00. The Kier molecular flexibility index (Phi) is 7.48. The van der Waals surface area contributed by atoms with Crippen molar-refractivity contribution in [2.45, 2.75) is 13.3 Å². The van der Waals surface area contributed by atoms with E-state index in [4.69, 9.17) is 19.2 Å². The average molecular weight is 489 g/mol. The molecule has 186 valence electrons. The summed E-state index contributed by atoms with van der Waals surface area (Å²) in [6.45, 7) is 1.80. The lowest BCUT2D eigenvalue weighted by atomic mass is 10.1. The number of ether oxygens (including phenoxy) is 3. The van der Waals surface area contributed by atoms with Crippen LogP contribution in [0.5, 0.6) is 11.5 Å². The fourth-order valence-corrected chi connectivity index (χ4v) is 4.00. The quantitative estimate of drug-likeness (QED) is 0.360. The topological polar surface area (TPSA) is 105 Å². The molecule has 2 aromatic carbocycles.